The Morgan fingerprint density at radius 2 is 1.81 bits per heavy atom. The third kappa shape index (κ3) is 5.84. The summed E-state index contributed by atoms with van der Waals surface area (Å²) in [5.41, 5.74) is 9.63. The van der Waals surface area contributed by atoms with Gasteiger partial charge in [-0.15, -0.1) is 0 Å². The van der Waals surface area contributed by atoms with Crippen molar-refractivity contribution in [2.24, 2.45) is 5.92 Å². The first kappa shape index (κ1) is 24.6. The quantitative estimate of drug-likeness (QED) is 0.348. The summed E-state index contributed by atoms with van der Waals surface area (Å²) < 4.78 is 30.7. The minimum Gasteiger partial charge on any atom is -0.398 e. The number of hydrogen-bond donors (Lipinski definition) is 3. The number of nitrogens with two attached hydrogens (primary N) is 1. The van der Waals surface area contributed by atoms with E-state index in [0.717, 1.165) is 55.6 Å². The van der Waals surface area contributed by atoms with Gasteiger partial charge in [0.15, 0.2) is 0 Å². The highest BCUT2D eigenvalue weighted by Crippen LogP contribution is 2.51. The molecule has 4 rings (SSSR count). The van der Waals surface area contributed by atoms with Gasteiger partial charge in [-0.25, -0.2) is 8.78 Å². The van der Waals surface area contributed by atoms with Crippen LogP contribution in [0.2, 0.25) is 0 Å². The Bertz CT molecular complexity index is 795. The normalized spacial score (nSPS) is 23.0. The molecule has 1 amide bonds. The van der Waals surface area contributed by atoms with Gasteiger partial charge in [0.25, 0.3) is 0 Å². The molecule has 8 heteroatoms. The van der Waals surface area contributed by atoms with E-state index in [-0.39, 0.29) is 24.5 Å². The van der Waals surface area contributed by atoms with E-state index in [1.165, 1.54) is 0 Å². The van der Waals surface area contributed by atoms with Crippen LogP contribution in [-0.4, -0.2) is 56.2 Å². The number of alkyl halides is 2. The minimum absolute atomic E-state index is 0.0351. The summed E-state index contributed by atoms with van der Waals surface area (Å²) in [5, 5.41) is 11.1. The number of likely N-dealkylation sites (tertiary alicyclic amines) is 1. The molecule has 6 nitrogen and oxygen atoms in total. The van der Waals surface area contributed by atoms with Gasteiger partial charge in [0.2, 0.25) is 12.3 Å². The smallest absolute Gasteiger partial charge is 0.248 e. The average Bonchev–Trinajstić information content (AvgIpc) is 3.57. The molecule has 1 heterocycles. The van der Waals surface area contributed by atoms with Crippen LogP contribution in [0.3, 0.4) is 0 Å². The highest BCUT2D eigenvalue weighted by atomic mass is 19.3. The first-order valence-electron chi connectivity index (χ1n) is 11.5. The lowest BCUT2D eigenvalue weighted by molar-refractivity contribution is -0.111. The van der Waals surface area contributed by atoms with E-state index in [2.05, 4.69) is 23.3 Å². The van der Waals surface area contributed by atoms with E-state index in [0.29, 0.717) is 30.9 Å². The van der Waals surface area contributed by atoms with Crippen molar-refractivity contribution in [3.05, 3.63) is 29.3 Å². The number of hydrogen-bond acceptors (Lipinski definition) is 5. The second-order valence-electron chi connectivity index (χ2n) is 9.37. The van der Waals surface area contributed by atoms with E-state index in [4.69, 9.17) is 15.9 Å². The molecule has 178 valence electrons. The number of piperidine rings is 1. The summed E-state index contributed by atoms with van der Waals surface area (Å²) in [6.07, 6.45) is 5.32. The number of halogens is 2. The van der Waals surface area contributed by atoms with Crippen molar-refractivity contribution in [1.29, 1.82) is 5.41 Å². The van der Waals surface area contributed by atoms with Crippen molar-refractivity contribution in [3.8, 4) is 0 Å². The van der Waals surface area contributed by atoms with Gasteiger partial charge in [0.1, 0.15) is 0 Å². The third-order valence-corrected chi connectivity index (χ3v) is 7.13. The van der Waals surface area contributed by atoms with Crippen LogP contribution in [0.5, 0.6) is 0 Å². The Hall–Kier alpha value is -2.06. The minimum atomic E-state index is -2.50. The molecule has 0 spiro atoms. The summed E-state index contributed by atoms with van der Waals surface area (Å²) in [5.74, 6) is -2.17. The molecule has 0 atom stereocenters. The number of amides is 1. The number of carbonyl (C=O) groups excluding carboxylic acids is 1. The summed E-state index contributed by atoms with van der Waals surface area (Å²) in [4.78, 5) is 12.3. The van der Waals surface area contributed by atoms with Gasteiger partial charge in [-0.05, 0) is 58.7 Å². The number of para-hydroxylation sites is 1. The zero-order valence-corrected chi connectivity index (χ0v) is 19.1. The molecule has 3 fully saturated rings. The van der Waals surface area contributed by atoms with Gasteiger partial charge in [-0.1, -0.05) is 18.2 Å². The number of carbonyl (C=O) groups is 1. The number of nitrogens with one attached hydrogen (secondary N) is 2. The number of methoxy groups -OCH3 is 1. The second kappa shape index (κ2) is 10.3. The number of nitrogens with zero attached hydrogens (tertiary/aromatic N) is 1. The molecule has 2 saturated carbocycles. The zero-order chi connectivity index (χ0) is 23.4. The van der Waals surface area contributed by atoms with Crippen molar-refractivity contribution in [3.63, 3.8) is 0 Å². The molecular weight excluding hydrogens is 414 g/mol. The van der Waals surface area contributed by atoms with Crippen LogP contribution >= 0.6 is 0 Å². The van der Waals surface area contributed by atoms with E-state index < -0.39 is 5.92 Å². The maximum atomic E-state index is 12.5. The standard InChI is InChI=1S/C17H25N3O.C7H11F2NO/c1-20-10-6-12(7-11-20)15(18)13-4-3-5-14(16(13)19)17(21-2)8-9-17;8-7(9)3-1-6(2-4-7)10-5-11/h3-5,12,18H,6-11,19H2,1-2H3;5-6H,1-4H2,(H,10,11). The number of rotatable bonds is 6. The van der Waals surface area contributed by atoms with Crippen LogP contribution in [0.25, 0.3) is 0 Å². The first-order valence-corrected chi connectivity index (χ1v) is 11.5. The van der Waals surface area contributed by atoms with E-state index >= 15 is 0 Å². The van der Waals surface area contributed by atoms with Crippen molar-refractivity contribution in [1.82, 2.24) is 10.2 Å². The Morgan fingerprint density at radius 3 is 2.34 bits per heavy atom. The van der Waals surface area contributed by atoms with Gasteiger partial charge < -0.3 is 26.1 Å². The largest absolute Gasteiger partial charge is 0.398 e. The van der Waals surface area contributed by atoms with Crippen LogP contribution in [0.15, 0.2) is 18.2 Å². The van der Waals surface area contributed by atoms with Crippen LogP contribution < -0.4 is 11.1 Å². The Morgan fingerprint density at radius 1 is 1.19 bits per heavy atom. The maximum Gasteiger partial charge on any atom is 0.248 e. The van der Waals surface area contributed by atoms with E-state index in [9.17, 15) is 13.6 Å². The Balaban J connectivity index is 0.000000222. The molecule has 1 aromatic carbocycles. The predicted octanol–water partition coefficient (Wildman–Crippen LogP) is 3.92. The van der Waals surface area contributed by atoms with Gasteiger partial charge in [-0.3, -0.25) is 4.79 Å². The summed E-state index contributed by atoms with van der Waals surface area (Å²) in [6.45, 7) is 2.13. The molecule has 1 aromatic rings. The topological polar surface area (TPSA) is 91.4 Å². The Kier molecular flexibility index (Phi) is 7.88. The fraction of sp³-hybridized carbons (Fsp3) is 0.667. The molecule has 0 unspecified atom stereocenters. The van der Waals surface area contributed by atoms with Gasteiger partial charge in [0, 0.05) is 54.4 Å². The monoisotopic (exact) mass is 450 g/mol. The van der Waals surface area contributed by atoms with E-state index in [1.54, 1.807) is 7.11 Å². The summed E-state index contributed by atoms with van der Waals surface area (Å²) >= 11 is 0. The number of nitrogen functional groups attached to an aromatic ring is 1. The van der Waals surface area contributed by atoms with Crippen molar-refractivity contribution in [2.45, 2.75) is 68.9 Å². The average molecular weight is 451 g/mol. The van der Waals surface area contributed by atoms with Crippen molar-refractivity contribution in [2.75, 3.05) is 33.0 Å². The SMILES string of the molecule is COC1(c2cccc(C(=N)C3CCN(C)CC3)c2N)CC1.O=CNC1CCC(F)(F)CC1. The van der Waals surface area contributed by atoms with Crippen molar-refractivity contribution < 1.29 is 18.3 Å². The van der Waals surface area contributed by atoms with Crippen molar-refractivity contribution >= 4 is 17.8 Å². The van der Waals surface area contributed by atoms with Crippen LogP contribution in [-0.2, 0) is 15.1 Å². The molecule has 4 N–H and O–H groups in total. The molecular formula is C24H36F2N4O2. The highest BCUT2D eigenvalue weighted by molar-refractivity contribution is 6.04. The molecule has 1 aliphatic heterocycles. The fourth-order valence-corrected chi connectivity index (χ4v) is 4.71. The lowest BCUT2D eigenvalue weighted by Gasteiger charge is -2.30. The number of ether oxygens (including phenoxy) is 1. The highest BCUT2D eigenvalue weighted by Gasteiger charge is 2.46. The summed E-state index contributed by atoms with van der Waals surface area (Å²) in [6, 6.07) is 6.03. The van der Waals surface area contributed by atoms with Gasteiger partial charge in [0.05, 0.1) is 5.60 Å². The number of anilines is 1. The fourth-order valence-electron chi connectivity index (χ4n) is 4.71. The molecule has 3 aliphatic rings. The van der Waals surface area contributed by atoms with Crippen LogP contribution in [0, 0.1) is 11.3 Å². The predicted molar refractivity (Wildman–Crippen MR) is 122 cm³/mol. The molecule has 0 aromatic heterocycles. The molecule has 2 aliphatic carbocycles. The van der Waals surface area contributed by atoms with Gasteiger partial charge >= 0.3 is 0 Å². The third-order valence-electron chi connectivity index (χ3n) is 7.13. The zero-order valence-electron chi connectivity index (χ0n) is 19.1. The second-order valence-corrected chi connectivity index (χ2v) is 9.37. The number of benzene rings is 1. The molecule has 0 bridgehead atoms. The molecule has 1 saturated heterocycles. The Labute approximate surface area is 189 Å². The molecule has 0 radical (unpaired) electrons. The van der Waals surface area contributed by atoms with Crippen LogP contribution in [0.1, 0.15) is 62.5 Å². The van der Waals surface area contributed by atoms with Crippen LogP contribution in [0.4, 0.5) is 14.5 Å². The molecule has 32 heavy (non-hydrogen) atoms. The first-order chi connectivity index (χ1) is 15.2. The lowest BCUT2D eigenvalue weighted by atomic mass is 9.86. The maximum absolute atomic E-state index is 12.5. The summed E-state index contributed by atoms with van der Waals surface area (Å²) in [7, 11) is 3.89. The van der Waals surface area contributed by atoms with E-state index in [1.807, 2.05) is 12.1 Å². The lowest BCUT2D eigenvalue weighted by Crippen LogP contribution is -2.36. The van der Waals surface area contributed by atoms with Gasteiger partial charge in [-0.2, -0.15) is 0 Å².